The van der Waals surface area contributed by atoms with Crippen LogP contribution >= 0.6 is 0 Å². The van der Waals surface area contributed by atoms with E-state index >= 15 is 0 Å². The lowest BCUT2D eigenvalue weighted by atomic mass is 9.90. The number of unbranched alkanes of at least 4 members (excludes halogenated alkanes) is 14. The van der Waals surface area contributed by atoms with E-state index in [2.05, 4.69) is 27.9 Å². The third-order valence-electron chi connectivity index (χ3n) is 6.20. The first kappa shape index (κ1) is 30.6. The molecule has 0 aromatic heterocycles. The van der Waals surface area contributed by atoms with Crippen LogP contribution in [0.2, 0.25) is 0 Å². The molecule has 2 heteroatoms. The molecule has 28 heavy (non-hydrogen) atoms. The minimum absolute atomic E-state index is 0. The van der Waals surface area contributed by atoms with Gasteiger partial charge >= 0.3 is 0 Å². The van der Waals surface area contributed by atoms with Crippen molar-refractivity contribution in [3.63, 3.8) is 0 Å². The Kier molecular flexibility index (Phi) is 27.9. The normalized spacial score (nSPS) is 12.3. The van der Waals surface area contributed by atoms with Gasteiger partial charge in [0, 0.05) is 0 Å². The maximum atomic E-state index is 2.37. The lowest BCUT2D eigenvalue weighted by Crippen LogP contribution is -3.05. The van der Waals surface area contributed by atoms with Crippen LogP contribution in [0.1, 0.15) is 142 Å². The lowest BCUT2D eigenvalue weighted by molar-refractivity contribution is -0.858. The summed E-state index contributed by atoms with van der Waals surface area (Å²) in [6.45, 7) is 6.02. The van der Waals surface area contributed by atoms with Gasteiger partial charge < -0.3 is 21.9 Å². The highest BCUT2D eigenvalue weighted by atomic mass is 79.9. The minimum atomic E-state index is 0. The minimum Gasteiger partial charge on any atom is -1.00 e. The van der Waals surface area contributed by atoms with Crippen LogP contribution < -0.4 is 21.9 Å². The summed E-state index contributed by atoms with van der Waals surface area (Å²) in [6.07, 6.45) is 29.3. The highest BCUT2D eigenvalue weighted by molar-refractivity contribution is 4.60. The second kappa shape index (κ2) is 25.5. The predicted octanol–water partition coefficient (Wildman–Crippen LogP) is 4.59. The average Bonchev–Trinajstić information content (AvgIpc) is 2.65. The molecule has 1 nitrogen and oxygen atoms in total. The molecule has 0 saturated heterocycles. The summed E-state index contributed by atoms with van der Waals surface area (Å²) in [5, 5.41) is 0. The molecule has 0 saturated carbocycles. The first-order valence-corrected chi connectivity index (χ1v) is 13.0. The van der Waals surface area contributed by atoms with E-state index in [0.717, 1.165) is 5.92 Å². The SMILES string of the molecule is CCCCCCCCCCCCCCC(CCC)CCCCCC[NH+](C)C.[Br-]. The fourth-order valence-electron chi connectivity index (χ4n) is 4.38. The number of hydrogen-bond acceptors (Lipinski definition) is 0. The third-order valence-corrected chi connectivity index (χ3v) is 6.20. The number of nitrogens with one attached hydrogen (secondary N) is 1. The molecule has 0 aromatic carbocycles. The van der Waals surface area contributed by atoms with Gasteiger partial charge in [0.15, 0.2) is 0 Å². The Labute approximate surface area is 190 Å². The van der Waals surface area contributed by atoms with E-state index in [-0.39, 0.29) is 17.0 Å². The van der Waals surface area contributed by atoms with Crippen molar-refractivity contribution in [3.8, 4) is 0 Å². The molecule has 0 aliphatic carbocycles. The van der Waals surface area contributed by atoms with Crippen LogP contribution in [0.25, 0.3) is 0 Å². The molecular weight excluding hydrogens is 406 g/mol. The van der Waals surface area contributed by atoms with Gasteiger partial charge in [-0.25, -0.2) is 0 Å². The molecule has 0 heterocycles. The fraction of sp³-hybridized carbons (Fsp3) is 1.00. The van der Waals surface area contributed by atoms with E-state index in [9.17, 15) is 0 Å². The van der Waals surface area contributed by atoms with Gasteiger partial charge in [0.2, 0.25) is 0 Å². The van der Waals surface area contributed by atoms with Crippen molar-refractivity contribution >= 4 is 0 Å². The Bertz CT molecular complexity index is 267. The molecule has 0 aliphatic heterocycles. The molecule has 0 fully saturated rings. The van der Waals surface area contributed by atoms with Gasteiger partial charge in [-0.3, -0.25) is 0 Å². The van der Waals surface area contributed by atoms with E-state index in [1.807, 2.05) is 0 Å². The Morgan fingerprint density at radius 3 is 1.25 bits per heavy atom. The van der Waals surface area contributed by atoms with Crippen LogP contribution in [0.3, 0.4) is 0 Å². The summed E-state index contributed by atoms with van der Waals surface area (Å²) in [5.41, 5.74) is 0. The molecule has 1 N–H and O–H groups in total. The molecule has 0 radical (unpaired) electrons. The van der Waals surface area contributed by atoms with Gasteiger partial charge in [-0.1, -0.05) is 129 Å². The van der Waals surface area contributed by atoms with Crippen molar-refractivity contribution in [1.29, 1.82) is 0 Å². The highest BCUT2D eigenvalue weighted by Gasteiger charge is 2.07. The van der Waals surface area contributed by atoms with Gasteiger partial charge in [0.05, 0.1) is 20.6 Å². The Morgan fingerprint density at radius 1 is 0.464 bits per heavy atom. The highest BCUT2D eigenvalue weighted by Crippen LogP contribution is 2.23. The fourth-order valence-corrected chi connectivity index (χ4v) is 4.38. The predicted molar refractivity (Wildman–Crippen MR) is 125 cm³/mol. The second-order valence-corrected chi connectivity index (χ2v) is 9.49. The van der Waals surface area contributed by atoms with Gasteiger partial charge in [-0.05, 0) is 18.8 Å². The molecule has 0 aliphatic rings. The van der Waals surface area contributed by atoms with Crippen molar-refractivity contribution in [2.75, 3.05) is 20.6 Å². The topological polar surface area (TPSA) is 4.44 Å². The summed E-state index contributed by atoms with van der Waals surface area (Å²) in [5.74, 6) is 1.03. The second-order valence-electron chi connectivity index (χ2n) is 9.49. The van der Waals surface area contributed by atoms with Crippen LogP contribution in [0.4, 0.5) is 0 Å². The number of quaternary nitrogens is 1. The Balaban J connectivity index is 0. The summed E-state index contributed by atoms with van der Waals surface area (Å²) < 4.78 is 0. The molecular formula is C26H56BrN. The van der Waals surface area contributed by atoms with Crippen LogP contribution in [-0.2, 0) is 0 Å². The van der Waals surface area contributed by atoms with Crippen molar-refractivity contribution in [1.82, 2.24) is 0 Å². The smallest absolute Gasteiger partial charge is 0.0766 e. The number of halogens is 1. The van der Waals surface area contributed by atoms with E-state index < -0.39 is 0 Å². The Morgan fingerprint density at radius 2 is 0.857 bits per heavy atom. The van der Waals surface area contributed by atoms with Crippen molar-refractivity contribution in [3.05, 3.63) is 0 Å². The summed E-state index contributed by atoms with van der Waals surface area (Å²) in [4.78, 5) is 1.60. The third kappa shape index (κ3) is 24.5. The first-order valence-electron chi connectivity index (χ1n) is 13.0. The average molecular weight is 463 g/mol. The van der Waals surface area contributed by atoms with Crippen LogP contribution in [0.5, 0.6) is 0 Å². The van der Waals surface area contributed by atoms with Crippen molar-refractivity contribution in [2.24, 2.45) is 5.92 Å². The molecule has 0 aromatic rings. The standard InChI is InChI=1S/C26H55N.BrH/c1-5-7-8-9-10-11-12-13-14-15-16-19-23-26(22-6-2)24-20-17-18-21-25-27(3)4;/h26H,5-25H2,1-4H3;1H. The number of rotatable bonds is 22. The van der Waals surface area contributed by atoms with Crippen molar-refractivity contribution in [2.45, 2.75) is 142 Å². The maximum absolute atomic E-state index is 2.37. The molecule has 0 spiro atoms. The number of hydrogen-bond donors (Lipinski definition) is 1. The lowest BCUT2D eigenvalue weighted by Gasteiger charge is -2.16. The summed E-state index contributed by atoms with van der Waals surface area (Å²) >= 11 is 0. The van der Waals surface area contributed by atoms with Gasteiger partial charge in [-0.15, -0.1) is 0 Å². The molecule has 0 amide bonds. The van der Waals surface area contributed by atoms with E-state index in [4.69, 9.17) is 0 Å². The summed E-state index contributed by atoms with van der Waals surface area (Å²) in [7, 11) is 4.54. The zero-order chi connectivity index (χ0) is 20.0. The quantitative estimate of drug-likeness (QED) is 0.225. The monoisotopic (exact) mass is 461 g/mol. The summed E-state index contributed by atoms with van der Waals surface area (Å²) in [6, 6.07) is 0. The molecule has 0 bridgehead atoms. The van der Waals surface area contributed by atoms with E-state index in [0.29, 0.717) is 0 Å². The van der Waals surface area contributed by atoms with E-state index in [1.165, 1.54) is 135 Å². The van der Waals surface area contributed by atoms with Crippen LogP contribution in [0, 0.1) is 5.92 Å². The van der Waals surface area contributed by atoms with Crippen molar-refractivity contribution < 1.29 is 21.9 Å². The molecule has 0 rings (SSSR count). The first-order chi connectivity index (χ1) is 13.2. The maximum Gasteiger partial charge on any atom is 0.0766 e. The molecule has 1 atom stereocenters. The van der Waals surface area contributed by atoms with Gasteiger partial charge in [-0.2, -0.15) is 0 Å². The molecule has 172 valence electrons. The zero-order valence-electron chi connectivity index (χ0n) is 20.3. The van der Waals surface area contributed by atoms with Gasteiger partial charge in [0.25, 0.3) is 0 Å². The Hall–Kier alpha value is 0.440. The van der Waals surface area contributed by atoms with E-state index in [1.54, 1.807) is 4.90 Å². The zero-order valence-corrected chi connectivity index (χ0v) is 21.9. The van der Waals surface area contributed by atoms with Crippen LogP contribution in [0.15, 0.2) is 0 Å². The van der Waals surface area contributed by atoms with Crippen LogP contribution in [-0.4, -0.2) is 20.6 Å². The van der Waals surface area contributed by atoms with Gasteiger partial charge in [0.1, 0.15) is 0 Å². The molecule has 1 unspecified atom stereocenters. The largest absolute Gasteiger partial charge is 1.00 e.